The number of aromatic nitrogens is 1. The van der Waals surface area contributed by atoms with E-state index in [-0.39, 0.29) is 0 Å². The molecule has 1 heterocycles. The Morgan fingerprint density at radius 1 is 1.26 bits per heavy atom. The molecule has 1 aromatic heterocycles. The summed E-state index contributed by atoms with van der Waals surface area (Å²) in [6.45, 7) is 5.93. The molecule has 5 heteroatoms. The smallest absolute Gasteiger partial charge is 0.181 e. The number of nitrogens with zero attached hydrogens (tertiary/aromatic N) is 1. The van der Waals surface area contributed by atoms with Crippen molar-refractivity contribution in [1.29, 1.82) is 0 Å². The van der Waals surface area contributed by atoms with Crippen LogP contribution in [-0.2, 0) is 6.54 Å². The molecule has 102 valence electrons. The van der Waals surface area contributed by atoms with Crippen LogP contribution in [0.5, 0.6) is 0 Å². The second-order valence-corrected chi connectivity index (χ2v) is 5.60. The van der Waals surface area contributed by atoms with Crippen molar-refractivity contribution in [3.8, 4) is 11.3 Å². The van der Waals surface area contributed by atoms with Gasteiger partial charge in [0.1, 0.15) is 5.69 Å². The zero-order valence-electron chi connectivity index (χ0n) is 10.9. The van der Waals surface area contributed by atoms with Gasteiger partial charge in [0.25, 0.3) is 0 Å². The van der Waals surface area contributed by atoms with Crippen LogP contribution < -0.4 is 5.32 Å². The summed E-state index contributed by atoms with van der Waals surface area (Å²) < 4.78 is 5.45. The lowest BCUT2D eigenvalue weighted by molar-refractivity contribution is 0.545. The van der Waals surface area contributed by atoms with Gasteiger partial charge in [-0.05, 0) is 30.7 Å². The second kappa shape index (κ2) is 6.42. The van der Waals surface area contributed by atoms with Gasteiger partial charge in [0, 0.05) is 12.1 Å². The van der Waals surface area contributed by atoms with E-state index >= 15 is 0 Å². The molecule has 1 N–H and O–H groups in total. The molecule has 0 bridgehead atoms. The predicted molar refractivity (Wildman–Crippen MR) is 78.5 cm³/mol. The number of benzene rings is 1. The number of hydrogen-bond acceptors (Lipinski definition) is 3. The largest absolute Gasteiger partial charge is 0.443 e. The summed E-state index contributed by atoms with van der Waals surface area (Å²) in [5.74, 6) is 1.33. The van der Waals surface area contributed by atoms with E-state index in [2.05, 4.69) is 24.1 Å². The summed E-state index contributed by atoms with van der Waals surface area (Å²) in [6.07, 6.45) is 1.45. The summed E-state index contributed by atoms with van der Waals surface area (Å²) >= 11 is 11.9. The molecule has 19 heavy (non-hydrogen) atoms. The molecule has 0 unspecified atom stereocenters. The Kier molecular flexibility index (Phi) is 4.86. The first-order valence-electron chi connectivity index (χ1n) is 6.16. The summed E-state index contributed by atoms with van der Waals surface area (Å²) in [6, 6.07) is 5.42. The molecule has 0 saturated heterocycles. The number of hydrogen-bond donors (Lipinski definition) is 1. The lowest BCUT2D eigenvalue weighted by Gasteiger charge is -2.07. The van der Waals surface area contributed by atoms with Gasteiger partial charge in [-0.3, -0.25) is 0 Å². The van der Waals surface area contributed by atoms with Crippen LogP contribution in [0.25, 0.3) is 11.3 Å². The van der Waals surface area contributed by atoms with E-state index < -0.39 is 0 Å². The quantitative estimate of drug-likeness (QED) is 0.889. The molecule has 0 fully saturated rings. The third kappa shape index (κ3) is 3.72. The minimum absolute atomic E-state index is 0.511. The highest BCUT2D eigenvalue weighted by molar-refractivity contribution is 6.42. The molecule has 3 nitrogen and oxygen atoms in total. The van der Waals surface area contributed by atoms with Gasteiger partial charge in [-0.1, -0.05) is 37.0 Å². The zero-order valence-corrected chi connectivity index (χ0v) is 12.4. The average molecular weight is 299 g/mol. The maximum atomic E-state index is 6.02. The van der Waals surface area contributed by atoms with Crippen molar-refractivity contribution < 1.29 is 4.42 Å². The molecule has 0 aliphatic rings. The van der Waals surface area contributed by atoms with Crippen LogP contribution in [0, 0.1) is 5.92 Å². The van der Waals surface area contributed by atoms with Gasteiger partial charge in [-0.25, -0.2) is 4.98 Å². The van der Waals surface area contributed by atoms with E-state index in [1.165, 1.54) is 6.39 Å². The second-order valence-electron chi connectivity index (χ2n) is 4.78. The standard InChI is InChI=1S/C14H16Cl2N2O/c1-9(2)6-17-7-13-14(19-8-18-13)10-3-4-11(15)12(16)5-10/h3-5,8-9,17H,6-7H2,1-2H3. The van der Waals surface area contributed by atoms with Crippen LogP contribution in [-0.4, -0.2) is 11.5 Å². The van der Waals surface area contributed by atoms with Crippen molar-refractivity contribution in [3.63, 3.8) is 0 Å². The minimum Gasteiger partial charge on any atom is -0.443 e. The number of nitrogens with one attached hydrogen (secondary N) is 1. The van der Waals surface area contributed by atoms with Gasteiger partial charge >= 0.3 is 0 Å². The van der Waals surface area contributed by atoms with E-state index in [1.54, 1.807) is 12.1 Å². The van der Waals surface area contributed by atoms with Gasteiger partial charge in [0.15, 0.2) is 12.2 Å². The first-order chi connectivity index (χ1) is 9.08. The number of oxazole rings is 1. The van der Waals surface area contributed by atoms with Gasteiger partial charge in [0.05, 0.1) is 10.0 Å². The highest BCUT2D eigenvalue weighted by Gasteiger charge is 2.12. The lowest BCUT2D eigenvalue weighted by Crippen LogP contribution is -2.19. The molecule has 0 aliphatic heterocycles. The molecule has 0 amide bonds. The molecule has 0 spiro atoms. The van der Waals surface area contributed by atoms with Crippen molar-refractivity contribution >= 4 is 23.2 Å². The van der Waals surface area contributed by atoms with E-state index in [0.717, 1.165) is 23.6 Å². The molecule has 0 aliphatic carbocycles. The van der Waals surface area contributed by atoms with Crippen LogP contribution in [0.15, 0.2) is 29.0 Å². The molecule has 0 saturated carbocycles. The van der Waals surface area contributed by atoms with Crippen molar-refractivity contribution in [3.05, 3.63) is 40.3 Å². The minimum atomic E-state index is 0.511. The van der Waals surface area contributed by atoms with Crippen molar-refractivity contribution in [2.75, 3.05) is 6.54 Å². The number of rotatable bonds is 5. The molecule has 2 aromatic rings. The Hall–Kier alpha value is -1.03. The van der Waals surface area contributed by atoms with Gasteiger partial charge < -0.3 is 9.73 Å². The number of halogens is 2. The van der Waals surface area contributed by atoms with E-state index in [1.807, 2.05) is 6.07 Å². The maximum Gasteiger partial charge on any atom is 0.181 e. The fourth-order valence-corrected chi connectivity index (χ4v) is 2.04. The van der Waals surface area contributed by atoms with E-state index in [9.17, 15) is 0 Å². The van der Waals surface area contributed by atoms with Crippen LogP contribution in [0.1, 0.15) is 19.5 Å². The molecular weight excluding hydrogens is 283 g/mol. The third-order valence-corrected chi connectivity index (χ3v) is 3.41. The van der Waals surface area contributed by atoms with Crippen molar-refractivity contribution in [2.24, 2.45) is 5.92 Å². The summed E-state index contributed by atoms with van der Waals surface area (Å²) in [5.41, 5.74) is 1.76. The fraction of sp³-hybridized carbons (Fsp3) is 0.357. The summed E-state index contributed by atoms with van der Waals surface area (Å²) in [4.78, 5) is 4.24. The van der Waals surface area contributed by atoms with Crippen molar-refractivity contribution in [2.45, 2.75) is 20.4 Å². The summed E-state index contributed by atoms with van der Waals surface area (Å²) in [5, 5.41) is 4.38. The van der Waals surface area contributed by atoms with Crippen LogP contribution in [0.3, 0.4) is 0 Å². The Morgan fingerprint density at radius 2 is 2.05 bits per heavy atom. The normalized spacial score (nSPS) is 11.2. The zero-order chi connectivity index (χ0) is 13.8. The Morgan fingerprint density at radius 3 is 2.74 bits per heavy atom. The van der Waals surface area contributed by atoms with Gasteiger partial charge in [-0.2, -0.15) is 0 Å². The van der Waals surface area contributed by atoms with Crippen LogP contribution >= 0.6 is 23.2 Å². The fourth-order valence-electron chi connectivity index (χ4n) is 1.75. The van der Waals surface area contributed by atoms with Gasteiger partial charge in [0.2, 0.25) is 0 Å². The first kappa shape index (κ1) is 14.4. The molecule has 0 atom stereocenters. The van der Waals surface area contributed by atoms with Gasteiger partial charge in [-0.15, -0.1) is 0 Å². The predicted octanol–water partition coefficient (Wildman–Crippen LogP) is 4.39. The van der Waals surface area contributed by atoms with E-state index in [0.29, 0.717) is 22.5 Å². The third-order valence-electron chi connectivity index (χ3n) is 2.67. The Balaban J connectivity index is 2.16. The lowest BCUT2D eigenvalue weighted by atomic mass is 10.1. The maximum absolute atomic E-state index is 6.02. The average Bonchev–Trinajstić information content (AvgIpc) is 2.80. The monoisotopic (exact) mass is 298 g/mol. The van der Waals surface area contributed by atoms with E-state index in [4.69, 9.17) is 27.6 Å². The molecule has 2 rings (SSSR count). The molecule has 1 aromatic carbocycles. The van der Waals surface area contributed by atoms with Crippen LogP contribution in [0.2, 0.25) is 10.0 Å². The topological polar surface area (TPSA) is 38.1 Å². The Bertz CT molecular complexity index is 552. The SMILES string of the molecule is CC(C)CNCc1ncoc1-c1ccc(Cl)c(Cl)c1. The highest BCUT2D eigenvalue weighted by atomic mass is 35.5. The van der Waals surface area contributed by atoms with Crippen molar-refractivity contribution in [1.82, 2.24) is 10.3 Å². The molecular formula is C14H16Cl2N2O. The summed E-state index contributed by atoms with van der Waals surface area (Å²) in [7, 11) is 0. The first-order valence-corrected chi connectivity index (χ1v) is 6.92. The Labute approximate surface area is 122 Å². The molecule has 0 radical (unpaired) electrons. The highest BCUT2D eigenvalue weighted by Crippen LogP contribution is 2.30. The van der Waals surface area contributed by atoms with Crippen LogP contribution in [0.4, 0.5) is 0 Å².